The number of ketones is 1. The molecule has 1 heterocycles. The number of hydrogen-bond acceptors (Lipinski definition) is 5. The van der Waals surface area contributed by atoms with E-state index in [2.05, 4.69) is 13.8 Å². The van der Waals surface area contributed by atoms with Crippen LogP contribution in [0.5, 0.6) is 11.5 Å². The number of aliphatic hydroxyl groups excluding tert-OH is 1. The van der Waals surface area contributed by atoms with E-state index in [9.17, 15) is 19.8 Å². The minimum atomic E-state index is -0.942. The van der Waals surface area contributed by atoms with Crippen molar-refractivity contribution >= 4 is 34.7 Å². The predicted molar refractivity (Wildman–Crippen MR) is 145 cm³/mol. The first-order chi connectivity index (χ1) is 17.6. The molecule has 0 bridgehead atoms. The van der Waals surface area contributed by atoms with Gasteiger partial charge in [-0.05, 0) is 78.4 Å². The second kappa shape index (κ2) is 10.7. The number of carbonyl (C=O) groups excluding carboxylic acids is 2. The molecule has 1 amide bonds. The van der Waals surface area contributed by atoms with Crippen molar-refractivity contribution in [1.82, 2.24) is 0 Å². The third kappa shape index (κ3) is 5.20. The normalized spacial score (nSPS) is 17.0. The highest BCUT2D eigenvalue weighted by Gasteiger charge is 2.47. The molecule has 3 aromatic carbocycles. The van der Waals surface area contributed by atoms with Gasteiger partial charge in [0.2, 0.25) is 0 Å². The Bertz CT molecular complexity index is 1380. The van der Waals surface area contributed by atoms with Crippen LogP contribution >= 0.6 is 11.6 Å². The lowest BCUT2D eigenvalue weighted by atomic mass is 9.94. The van der Waals surface area contributed by atoms with Crippen molar-refractivity contribution in [3.8, 4) is 11.5 Å². The number of nitrogens with zero attached hydrogens (tertiary/aromatic N) is 1. The number of phenolic OH excluding ortho intramolecular Hbond substituents is 1. The van der Waals surface area contributed by atoms with Gasteiger partial charge in [-0.1, -0.05) is 50.6 Å². The quantitative estimate of drug-likeness (QED) is 0.209. The standard InChI is InChI=1S/C30H30ClNO5/c1-5-19-6-10-22(11-7-19)32-27(20-8-12-24(33)23(31)15-20)26(29(35)30(32)36)28(34)21-9-13-25(18(4)14-21)37-16-17(2)3/h6-15,17,27,33-34H,5,16H2,1-4H3/b28-26-. The fourth-order valence-corrected chi connectivity index (χ4v) is 4.56. The summed E-state index contributed by atoms with van der Waals surface area (Å²) in [7, 11) is 0. The summed E-state index contributed by atoms with van der Waals surface area (Å²) in [6.45, 7) is 8.55. The summed E-state index contributed by atoms with van der Waals surface area (Å²) in [5, 5.41) is 21.4. The first kappa shape index (κ1) is 26.3. The maximum absolute atomic E-state index is 13.4. The van der Waals surface area contributed by atoms with Gasteiger partial charge in [-0.2, -0.15) is 0 Å². The topological polar surface area (TPSA) is 87.1 Å². The third-order valence-corrected chi connectivity index (χ3v) is 6.68. The molecule has 3 aromatic rings. The Morgan fingerprint density at radius 3 is 2.35 bits per heavy atom. The van der Waals surface area contributed by atoms with Crippen LogP contribution in [0.3, 0.4) is 0 Å². The maximum Gasteiger partial charge on any atom is 0.300 e. The number of anilines is 1. The molecule has 1 fully saturated rings. The zero-order valence-electron chi connectivity index (χ0n) is 21.3. The van der Waals surface area contributed by atoms with E-state index >= 15 is 0 Å². The minimum Gasteiger partial charge on any atom is -0.507 e. The van der Waals surface area contributed by atoms with E-state index in [-0.39, 0.29) is 22.1 Å². The average Bonchev–Trinajstić information content (AvgIpc) is 3.14. The highest BCUT2D eigenvalue weighted by atomic mass is 35.5. The monoisotopic (exact) mass is 519 g/mol. The van der Waals surface area contributed by atoms with Crippen molar-refractivity contribution in [2.75, 3.05) is 11.5 Å². The molecule has 4 rings (SSSR count). The van der Waals surface area contributed by atoms with Gasteiger partial charge in [0, 0.05) is 11.3 Å². The van der Waals surface area contributed by atoms with Crippen molar-refractivity contribution in [3.05, 3.63) is 93.5 Å². The van der Waals surface area contributed by atoms with E-state index in [4.69, 9.17) is 16.3 Å². The average molecular weight is 520 g/mol. The van der Waals surface area contributed by atoms with Crippen LogP contribution < -0.4 is 9.64 Å². The van der Waals surface area contributed by atoms with E-state index < -0.39 is 17.7 Å². The van der Waals surface area contributed by atoms with E-state index in [0.717, 1.165) is 17.5 Å². The molecule has 2 N–H and O–H groups in total. The molecule has 1 aliphatic heterocycles. The number of halogens is 1. The summed E-state index contributed by atoms with van der Waals surface area (Å²) >= 11 is 6.20. The molecule has 6 nitrogen and oxygen atoms in total. The molecule has 0 spiro atoms. The Hall–Kier alpha value is -3.77. The third-order valence-electron chi connectivity index (χ3n) is 6.38. The smallest absolute Gasteiger partial charge is 0.300 e. The summed E-state index contributed by atoms with van der Waals surface area (Å²) in [5.74, 6) is -0.936. The van der Waals surface area contributed by atoms with Gasteiger partial charge in [0.25, 0.3) is 11.7 Å². The molecular weight excluding hydrogens is 490 g/mol. The van der Waals surface area contributed by atoms with Gasteiger partial charge in [-0.25, -0.2) is 0 Å². The number of rotatable bonds is 7. The van der Waals surface area contributed by atoms with Gasteiger partial charge in [0.15, 0.2) is 0 Å². The van der Waals surface area contributed by atoms with Crippen LogP contribution in [0.15, 0.2) is 66.2 Å². The zero-order chi connectivity index (χ0) is 26.9. The number of aliphatic hydroxyl groups is 1. The molecule has 0 saturated carbocycles. The van der Waals surface area contributed by atoms with E-state index in [1.165, 1.54) is 17.0 Å². The number of Topliss-reactive ketones (excluding diaryl/α,β-unsaturated/α-hetero) is 1. The number of hydrogen-bond donors (Lipinski definition) is 2. The molecule has 1 unspecified atom stereocenters. The van der Waals surface area contributed by atoms with Gasteiger partial charge in [-0.15, -0.1) is 0 Å². The molecule has 1 saturated heterocycles. The van der Waals surface area contributed by atoms with Crippen molar-refractivity contribution in [2.45, 2.75) is 40.2 Å². The fraction of sp³-hybridized carbons (Fsp3) is 0.267. The Morgan fingerprint density at radius 1 is 1.05 bits per heavy atom. The van der Waals surface area contributed by atoms with Crippen molar-refractivity contribution in [1.29, 1.82) is 0 Å². The fourth-order valence-electron chi connectivity index (χ4n) is 4.37. The van der Waals surface area contributed by atoms with Crippen LogP contribution in [0.2, 0.25) is 5.02 Å². The zero-order valence-corrected chi connectivity index (χ0v) is 22.0. The summed E-state index contributed by atoms with van der Waals surface area (Å²) in [6.07, 6.45) is 0.826. The van der Waals surface area contributed by atoms with Crippen molar-refractivity contribution in [3.63, 3.8) is 0 Å². The lowest BCUT2D eigenvalue weighted by molar-refractivity contribution is -0.132. The van der Waals surface area contributed by atoms with Crippen LogP contribution in [0.1, 0.15) is 49.1 Å². The summed E-state index contributed by atoms with van der Waals surface area (Å²) < 4.78 is 5.84. The highest BCUT2D eigenvalue weighted by Crippen LogP contribution is 2.43. The van der Waals surface area contributed by atoms with Gasteiger partial charge in [0.1, 0.15) is 17.3 Å². The lowest BCUT2D eigenvalue weighted by Crippen LogP contribution is -2.29. The second-order valence-electron chi connectivity index (χ2n) is 9.59. The van der Waals surface area contributed by atoms with Gasteiger partial charge >= 0.3 is 0 Å². The lowest BCUT2D eigenvalue weighted by Gasteiger charge is -2.26. The van der Waals surface area contributed by atoms with Gasteiger partial charge in [0.05, 0.1) is 23.2 Å². The van der Waals surface area contributed by atoms with Gasteiger partial charge < -0.3 is 14.9 Å². The molecule has 7 heteroatoms. The number of amides is 1. The molecule has 1 atom stereocenters. The van der Waals surface area contributed by atoms with Crippen molar-refractivity contribution < 1.29 is 24.5 Å². The first-order valence-electron chi connectivity index (χ1n) is 12.2. The minimum absolute atomic E-state index is 0.0541. The van der Waals surface area contributed by atoms with E-state index in [0.29, 0.717) is 35.1 Å². The summed E-state index contributed by atoms with van der Waals surface area (Å²) in [4.78, 5) is 28.1. The predicted octanol–water partition coefficient (Wildman–Crippen LogP) is 6.58. The number of phenols is 1. The molecule has 0 aromatic heterocycles. The van der Waals surface area contributed by atoms with Crippen LogP contribution in [-0.2, 0) is 16.0 Å². The largest absolute Gasteiger partial charge is 0.507 e. The van der Waals surface area contributed by atoms with Crippen LogP contribution in [0.4, 0.5) is 5.69 Å². The number of ether oxygens (including phenoxy) is 1. The van der Waals surface area contributed by atoms with E-state index in [1.807, 2.05) is 26.0 Å². The molecule has 0 radical (unpaired) electrons. The number of aryl methyl sites for hydroxylation is 2. The van der Waals surface area contributed by atoms with E-state index in [1.54, 1.807) is 36.4 Å². The van der Waals surface area contributed by atoms with Gasteiger partial charge in [-0.3, -0.25) is 14.5 Å². The first-order valence-corrected chi connectivity index (χ1v) is 12.6. The van der Waals surface area contributed by atoms with Crippen molar-refractivity contribution in [2.24, 2.45) is 5.92 Å². The maximum atomic E-state index is 13.4. The molecule has 1 aliphatic rings. The van der Waals surface area contributed by atoms with Crippen LogP contribution in [0.25, 0.3) is 5.76 Å². The Kier molecular flexibility index (Phi) is 7.60. The molecule has 37 heavy (non-hydrogen) atoms. The number of benzene rings is 3. The Balaban J connectivity index is 1.86. The number of carbonyl (C=O) groups is 2. The Morgan fingerprint density at radius 2 is 1.76 bits per heavy atom. The highest BCUT2D eigenvalue weighted by molar-refractivity contribution is 6.51. The summed E-state index contributed by atoms with van der Waals surface area (Å²) in [5.41, 5.74) is 3.21. The Labute approximate surface area is 221 Å². The van der Waals surface area contributed by atoms with Crippen LogP contribution in [0, 0.1) is 12.8 Å². The summed E-state index contributed by atoms with van der Waals surface area (Å²) in [6, 6.07) is 16.1. The molecule has 0 aliphatic carbocycles. The SMILES string of the molecule is CCc1ccc(N2C(=O)C(=O)/C(=C(\O)c3ccc(OCC(C)C)c(C)c3)C2c2ccc(O)c(Cl)c2)cc1. The molecule has 192 valence electrons. The molecular formula is C30H30ClNO5. The second-order valence-corrected chi connectivity index (χ2v) is 9.99. The number of aromatic hydroxyl groups is 1. The van der Waals surface area contributed by atoms with Crippen LogP contribution in [-0.4, -0.2) is 28.5 Å².